The van der Waals surface area contributed by atoms with Crippen molar-refractivity contribution in [3.05, 3.63) is 70.5 Å². The van der Waals surface area contributed by atoms with Gasteiger partial charge in [0.05, 0.1) is 0 Å². The summed E-state index contributed by atoms with van der Waals surface area (Å²) in [6.45, 7) is 3.91. The molecule has 0 saturated heterocycles. The summed E-state index contributed by atoms with van der Waals surface area (Å²) in [6, 6.07) is 12.7. The van der Waals surface area contributed by atoms with Gasteiger partial charge in [0.2, 0.25) is 0 Å². The number of halogens is 1. The van der Waals surface area contributed by atoms with Crippen molar-refractivity contribution >= 4 is 0 Å². The maximum absolute atomic E-state index is 12.9. The van der Waals surface area contributed by atoms with E-state index < -0.39 is 0 Å². The summed E-state index contributed by atoms with van der Waals surface area (Å²) in [4.78, 5) is 0. The highest BCUT2D eigenvalue weighted by Gasteiger charge is 1.96. The average Bonchev–Trinajstić information content (AvgIpc) is 2.30. The van der Waals surface area contributed by atoms with Crippen LogP contribution in [-0.2, 0) is 0 Å². The molecule has 0 aromatic heterocycles. The molecular weight excluding hydrogens is 211 g/mol. The summed E-state index contributed by atoms with van der Waals surface area (Å²) >= 11 is 0. The van der Waals surface area contributed by atoms with Crippen LogP contribution in [0.5, 0.6) is 0 Å². The van der Waals surface area contributed by atoms with Gasteiger partial charge in [-0.3, -0.25) is 0 Å². The fourth-order valence-corrected chi connectivity index (χ4v) is 1.54. The molecular formula is C16H13F. The minimum Gasteiger partial charge on any atom is -0.207 e. The van der Waals surface area contributed by atoms with E-state index in [0.29, 0.717) is 0 Å². The highest BCUT2D eigenvalue weighted by Crippen LogP contribution is 2.09. The van der Waals surface area contributed by atoms with E-state index in [2.05, 4.69) is 11.8 Å². The molecule has 2 aromatic rings. The molecule has 0 aliphatic heterocycles. The Morgan fingerprint density at radius 2 is 1.59 bits per heavy atom. The minimum atomic E-state index is -0.219. The van der Waals surface area contributed by atoms with Gasteiger partial charge in [-0.05, 0) is 49.7 Å². The third kappa shape index (κ3) is 2.95. The summed E-state index contributed by atoms with van der Waals surface area (Å²) in [5, 5.41) is 0. The molecule has 0 spiro atoms. The number of hydrogen-bond acceptors (Lipinski definition) is 0. The Kier molecular flexibility index (Phi) is 3.25. The molecule has 0 aliphatic carbocycles. The zero-order chi connectivity index (χ0) is 12.3. The second-order valence-electron chi connectivity index (χ2n) is 4.08. The van der Waals surface area contributed by atoms with Crippen molar-refractivity contribution in [2.75, 3.05) is 0 Å². The van der Waals surface area contributed by atoms with Gasteiger partial charge in [-0.2, -0.15) is 0 Å². The molecule has 1 heteroatoms. The van der Waals surface area contributed by atoms with Crippen LogP contribution in [0.1, 0.15) is 22.3 Å². The maximum atomic E-state index is 12.9. The summed E-state index contributed by atoms with van der Waals surface area (Å²) in [5.74, 6) is 5.92. The van der Waals surface area contributed by atoms with E-state index in [9.17, 15) is 4.39 Å². The molecule has 2 rings (SSSR count). The Hall–Kier alpha value is -2.07. The summed E-state index contributed by atoms with van der Waals surface area (Å²) in [6.07, 6.45) is 0. The molecule has 17 heavy (non-hydrogen) atoms. The second-order valence-corrected chi connectivity index (χ2v) is 4.08. The Morgan fingerprint density at radius 3 is 2.24 bits per heavy atom. The topological polar surface area (TPSA) is 0 Å². The van der Waals surface area contributed by atoms with Crippen molar-refractivity contribution in [1.82, 2.24) is 0 Å². The molecule has 0 saturated carbocycles. The fourth-order valence-electron chi connectivity index (χ4n) is 1.54. The molecule has 0 radical (unpaired) electrons. The van der Waals surface area contributed by atoms with Gasteiger partial charge in [0, 0.05) is 11.1 Å². The third-order valence-corrected chi connectivity index (χ3v) is 2.58. The van der Waals surface area contributed by atoms with Gasteiger partial charge in [-0.25, -0.2) is 4.39 Å². The van der Waals surface area contributed by atoms with E-state index in [-0.39, 0.29) is 5.82 Å². The molecule has 0 heterocycles. The summed E-state index contributed by atoms with van der Waals surface area (Å²) in [5.41, 5.74) is 3.92. The van der Waals surface area contributed by atoms with Gasteiger partial charge in [0.15, 0.2) is 0 Å². The predicted octanol–water partition coefficient (Wildman–Crippen LogP) is 3.84. The van der Waals surface area contributed by atoms with Crippen LogP contribution in [0.2, 0.25) is 0 Å². The van der Waals surface area contributed by atoms with Crippen LogP contribution in [0.4, 0.5) is 4.39 Å². The van der Waals surface area contributed by atoms with Crippen molar-refractivity contribution in [1.29, 1.82) is 0 Å². The monoisotopic (exact) mass is 224 g/mol. The summed E-state index contributed by atoms with van der Waals surface area (Å²) < 4.78 is 12.9. The van der Waals surface area contributed by atoms with Crippen LogP contribution >= 0.6 is 0 Å². The van der Waals surface area contributed by atoms with Gasteiger partial charge in [-0.15, -0.1) is 0 Å². The number of hydrogen-bond donors (Lipinski definition) is 0. The van der Waals surface area contributed by atoms with Gasteiger partial charge in [-0.1, -0.05) is 29.5 Å². The number of aryl methyl sites for hydroxylation is 2. The molecule has 0 atom stereocenters. The van der Waals surface area contributed by atoms with Gasteiger partial charge < -0.3 is 0 Å². The first-order chi connectivity index (χ1) is 8.15. The minimum absolute atomic E-state index is 0.219. The molecule has 0 unspecified atom stereocenters. The lowest BCUT2D eigenvalue weighted by molar-refractivity contribution is 0.626. The van der Waals surface area contributed by atoms with Gasteiger partial charge >= 0.3 is 0 Å². The van der Waals surface area contributed by atoms with E-state index in [0.717, 1.165) is 16.7 Å². The summed E-state index contributed by atoms with van der Waals surface area (Å²) in [7, 11) is 0. The lowest BCUT2D eigenvalue weighted by Crippen LogP contribution is -1.84. The van der Waals surface area contributed by atoms with Gasteiger partial charge in [0.1, 0.15) is 5.82 Å². The van der Waals surface area contributed by atoms with Crippen LogP contribution in [0.3, 0.4) is 0 Å². The standard InChI is InChI=1S/C16H13F/c1-12-3-5-14(6-4-12)7-8-15-9-10-16(17)11-13(15)2/h3-6,9-11H,1-2H3. The van der Waals surface area contributed by atoms with Crippen molar-refractivity contribution in [2.45, 2.75) is 13.8 Å². The molecule has 0 nitrogen and oxygen atoms in total. The van der Waals surface area contributed by atoms with Crippen LogP contribution < -0.4 is 0 Å². The van der Waals surface area contributed by atoms with E-state index in [1.54, 1.807) is 6.07 Å². The first-order valence-electron chi connectivity index (χ1n) is 5.50. The van der Waals surface area contributed by atoms with Crippen molar-refractivity contribution in [3.8, 4) is 11.8 Å². The van der Waals surface area contributed by atoms with E-state index in [4.69, 9.17) is 0 Å². The predicted molar refractivity (Wildman–Crippen MR) is 68.3 cm³/mol. The quantitative estimate of drug-likeness (QED) is 0.596. The average molecular weight is 224 g/mol. The molecule has 0 aliphatic rings. The van der Waals surface area contributed by atoms with E-state index in [1.165, 1.54) is 17.7 Å². The molecule has 0 amide bonds. The molecule has 2 aromatic carbocycles. The molecule has 0 fully saturated rings. The zero-order valence-corrected chi connectivity index (χ0v) is 9.92. The lowest BCUT2D eigenvalue weighted by Gasteiger charge is -1.97. The Balaban J connectivity index is 2.29. The van der Waals surface area contributed by atoms with E-state index >= 15 is 0 Å². The first kappa shape index (κ1) is 11.4. The van der Waals surface area contributed by atoms with Crippen LogP contribution in [0.25, 0.3) is 0 Å². The molecule has 0 N–H and O–H groups in total. The zero-order valence-electron chi connectivity index (χ0n) is 9.92. The van der Waals surface area contributed by atoms with E-state index in [1.807, 2.05) is 38.1 Å². The van der Waals surface area contributed by atoms with Crippen LogP contribution in [0.15, 0.2) is 42.5 Å². The van der Waals surface area contributed by atoms with Gasteiger partial charge in [0.25, 0.3) is 0 Å². The van der Waals surface area contributed by atoms with Crippen molar-refractivity contribution in [2.24, 2.45) is 0 Å². The van der Waals surface area contributed by atoms with Crippen molar-refractivity contribution < 1.29 is 4.39 Å². The molecule has 84 valence electrons. The number of rotatable bonds is 0. The van der Waals surface area contributed by atoms with Crippen molar-refractivity contribution in [3.63, 3.8) is 0 Å². The first-order valence-corrected chi connectivity index (χ1v) is 5.50. The fraction of sp³-hybridized carbons (Fsp3) is 0.125. The smallest absolute Gasteiger partial charge is 0.123 e. The molecule has 0 bridgehead atoms. The normalized spacial score (nSPS) is 9.59. The Labute approximate surface area is 101 Å². The largest absolute Gasteiger partial charge is 0.207 e. The highest BCUT2D eigenvalue weighted by atomic mass is 19.1. The highest BCUT2D eigenvalue weighted by molar-refractivity contribution is 5.46. The number of benzene rings is 2. The Bertz CT molecular complexity index is 583. The Morgan fingerprint density at radius 1 is 0.882 bits per heavy atom. The SMILES string of the molecule is Cc1ccc(C#Cc2ccc(F)cc2C)cc1. The second kappa shape index (κ2) is 4.84. The van der Waals surface area contributed by atoms with Crippen LogP contribution in [-0.4, -0.2) is 0 Å². The lowest BCUT2D eigenvalue weighted by atomic mass is 10.1. The third-order valence-electron chi connectivity index (χ3n) is 2.58. The van der Waals surface area contributed by atoms with Crippen LogP contribution in [0, 0.1) is 31.5 Å². The maximum Gasteiger partial charge on any atom is 0.123 e.